The van der Waals surface area contributed by atoms with E-state index in [4.69, 9.17) is 10.5 Å². The van der Waals surface area contributed by atoms with E-state index in [1.54, 1.807) is 7.11 Å². The zero-order valence-corrected chi connectivity index (χ0v) is 9.86. The summed E-state index contributed by atoms with van der Waals surface area (Å²) in [7, 11) is 1.63. The molecule has 5 heteroatoms. The molecule has 0 aliphatic carbocycles. The van der Waals surface area contributed by atoms with Gasteiger partial charge in [-0.05, 0) is 13.0 Å². The van der Waals surface area contributed by atoms with Crippen molar-refractivity contribution in [1.82, 2.24) is 14.9 Å². The van der Waals surface area contributed by atoms with Gasteiger partial charge in [-0.25, -0.2) is 4.98 Å². The highest BCUT2D eigenvalue weighted by Gasteiger charge is 2.21. The van der Waals surface area contributed by atoms with Crippen molar-refractivity contribution in [3.8, 4) is 5.88 Å². The SMILES string of the molecule is CCCN1CCc2nc(N)nc(OC)c2C1. The molecule has 1 aromatic heterocycles. The van der Waals surface area contributed by atoms with Gasteiger partial charge in [0.05, 0.1) is 18.4 Å². The third-order valence-electron chi connectivity index (χ3n) is 2.85. The number of nitrogens with zero attached hydrogens (tertiary/aromatic N) is 3. The third kappa shape index (κ3) is 2.09. The second-order valence-corrected chi connectivity index (χ2v) is 4.04. The summed E-state index contributed by atoms with van der Waals surface area (Å²) >= 11 is 0. The van der Waals surface area contributed by atoms with Crippen LogP contribution >= 0.6 is 0 Å². The predicted molar refractivity (Wildman–Crippen MR) is 62.3 cm³/mol. The van der Waals surface area contributed by atoms with E-state index in [-0.39, 0.29) is 0 Å². The standard InChI is InChI=1S/C11H18N4O/c1-3-5-15-6-4-9-8(7-15)10(16-2)14-11(12)13-9/h3-7H2,1-2H3,(H2,12,13,14). The van der Waals surface area contributed by atoms with Crippen molar-refractivity contribution in [3.05, 3.63) is 11.3 Å². The fourth-order valence-electron chi connectivity index (χ4n) is 2.13. The summed E-state index contributed by atoms with van der Waals surface area (Å²) in [5.74, 6) is 0.933. The molecule has 0 unspecified atom stereocenters. The van der Waals surface area contributed by atoms with E-state index in [0.29, 0.717) is 11.8 Å². The maximum absolute atomic E-state index is 5.64. The lowest BCUT2D eigenvalue weighted by Crippen LogP contribution is -2.32. The van der Waals surface area contributed by atoms with Gasteiger partial charge in [0, 0.05) is 19.5 Å². The minimum Gasteiger partial charge on any atom is -0.481 e. The highest BCUT2D eigenvalue weighted by Crippen LogP contribution is 2.25. The smallest absolute Gasteiger partial charge is 0.223 e. The Morgan fingerprint density at radius 1 is 1.44 bits per heavy atom. The molecule has 2 rings (SSSR count). The number of methoxy groups -OCH3 is 1. The minimum absolute atomic E-state index is 0.305. The van der Waals surface area contributed by atoms with Gasteiger partial charge >= 0.3 is 0 Å². The Hall–Kier alpha value is -1.36. The van der Waals surface area contributed by atoms with E-state index in [1.807, 2.05) is 0 Å². The zero-order chi connectivity index (χ0) is 11.5. The van der Waals surface area contributed by atoms with Gasteiger partial charge in [0.15, 0.2) is 0 Å². The Labute approximate surface area is 95.6 Å². The van der Waals surface area contributed by atoms with Gasteiger partial charge in [-0.2, -0.15) is 4.98 Å². The molecule has 2 N–H and O–H groups in total. The van der Waals surface area contributed by atoms with E-state index < -0.39 is 0 Å². The first-order chi connectivity index (χ1) is 7.74. The second kappa shape index (κ2) is 4.65. The molecular formula is C11H18N4O. The normalized spacial score (nSPS) is 15.9. The molecular weight excluding hydrogens is 204 g/mol. The zero-order valence-electron chi connectivity index (χ0n) is 9.86. The van der Waals surface area contributed by atoms with Crippen LogP contribution < -0.4 is 10.5 Å². The summed E-state index contributed by atoms with van der Waals surface area (Å²) in [6, 6.07) is 0. The third-order valence-corrected chi connectivity index (χ3v) is 2.85. The first kappa shape index (κ1) is 11.1. The number of aromatic nitrogens is 2. The van der Waals surface area contributed by atoms with Gasteiger partial charge in [0.1, 0.15) is 0 Å². The minimum atomic E-state index is 0.305. The quantitative estimate of drug-likeness (QED) is 0.821. The Kier molecular flexibility index (Phi) is 3.24. The van der Waals surface area contributed by atoms with E-state index >= 15 is 0 Å². The average Bonchev–Trinajstić information content (AvgIpc) is 2.29. The molecule has 0 radical (unpaired) electrons. The molecule has 1 aliphatic heterocycles. The molecule has 0 fully saturated rings. The van der Waals surface area contributed by atoms with Crippen LogP contribution in [0, 0.1) is 0 Å². The van der Waals surface area contributed by atoms with Crippen molar-refractivity contribution in [2.45, 2.75) is 26.3 Å². The van der Waals surface area contributed by atoms with Crippen LogP contribution in [0.1, 0.15) is 24.6 Å². The lowest BCUT2D eigenvalue weighted by molar-refractivity contribution is 0.245. The lowest BCUT2D eigenvalue weighted by Gasteiger charge is -2.28. The fourth-order valence-corrected chi connectivity index (χ4v) is 2.13. The lowest BCUT2D eigenvalue weighted by atomic mass is 10.1. The molecule has 0 aromatic carbocycles. The number of hydrogen-bond donors (Lipinski definition) is 1. The average molecular weight is 222 g/mol. The van der Waals surface area contributed by atoms with Crippen molar-refractivity contribution in [2.75, 3.05) is 25.9 Å². The molecule has 2 heterocycles. The second-order valence-electron chi connectivity index (χ2n) is 4.04. The number of rotatable bonds is 3. The summed E-state index contributed by atoms with van der Waals surface area (Å²) in [5, 5.41) is 0. The molecule has 5 nitrogen and oxygen atoms in total. The van der Waals surface area contributed by atoms with Gasteiger partial charge in [0.2, 0.25) is 11.8 Å². The van der Waals surface area contributed by atoms with Crippen molar-refractivity contribution < 1.29 is 4.74 Å². The molecule has 0 atom stereocenters. The van der Waals surface area contributed by atoms with Gasteiger partial charge < -0.3 is 10.5 Å². The predicted octanol–water partition coefficient (Wildman–Crippen LogP) is 0.835. The number of fused-ring (bicyclic) bond motifs is 1. The van der Waals surface area contributed by atoms with Gasteiger partial charge in [-0.3, -0.25) is 4.90 Å². The molecule has 0 saturated carbocycles. The van der Waals surface area contributed by atoms with Crippen molar-refractivity contribution in [2.24, 2.45) is 0 Å². The van der Waals surface area contributed by atoms with Crippen molar-refractivity contribution in [1.29, 1.82) is 0 Å². The van der Waals surface area contributed by atoms with Gasteiger partial charge in [-0.15, -0.1) is 0 Å². The Balaban J connectivity index is 2.28. The molecule has 0 bridgehead atoms. The van der Waals surface area contributed by atoms with Crippen LogP contribution in [-0.4, -0.2) is 35.1 Å². The van der Waals surface area contributed by atoms with Crippen LogP contribution in [0.5, 0.6) is 5.88 Å². The van der Waals surface area contributed by atoms with E-state index in [9.17, 15) is 0 Å². The molecule has 0 amide bonds. The van der Waals surface area contributed by atoms with E-state index in [2.05, 4.69) is 21.8 Å². The monoisotopic (exact) mass is 222 g/mol. The van der Waals surface area contributed by atoms with E-state index in [0.717, 1.165) is 43.7 Å². The number of nitrogens with two attached hydrogens (primary N) is 1. The van der Waals surface area contributed by atoms with Gasteiger partial charge in [-0.1, -0.05) is 6.92 Å². The number of anilines is 1. The van der Waals surface area contributed by atoms with Crippen molar-refractivity contribution in [3.63, 3.8) is 0 Å². The summed E-state index contributed by atoms with van der Waals surface area (Å²) in [6.45, 7) is 5.20. The molecule has 88 valence electrons. The Morgan fingerprint density at radius 2 is 2.25 bits per heavy atom. The number of nitrogen functional groups attached to an aromatic ring is 1. The summed E-state index contributed by atoms with van der Waals surface area (Å²) < 4.78 is 5.26. The first-order valence-electron chi connectivity index (χ1n) is 5.66. The highest BCUT2D eigenvalue weighted by molar-refractivity contribution is 5.37. The van der Waals surface area contributed by atoms with Crippen LogP contribution in [0.3, 0.4) is 0 Å². The highest BCUT2D eigenvalue weighted by atomic mass is 16.5. The van der Waals surface area contributed by atoms with E-state index in [1.165, 1.54) is 0 Å². The van der Waals surface area contributed by atoms with Crippen LogP contribution in [-0.2, 0) is 13.0 Å². The molecule has 0 spiro atoms. The van der Waals surface area contributed by atoms with Crippen LogP contribution in [0.4, 0.5) is 5.95 Å². The van der Waals surface area contributed by atoms with Crippen LogP contribution in [0.25, 0.3) is 0 Å². The Bertz CT molecular complexity index is 363. The molecule has 1 aromatic rings. The van der Waals surface area contributed by atoms with Crippen LogP contribution in [0.15, 0.2) is 0 Å². The molecule has 0 saturated heterocycles. The summed E-state index contributed by atoms with van der Waals surface area (Å²) in [5.41, 5.74) is 7.77. The Morgan fingerprint density at radius 3 is 2.94 bits per heavy atom. The number of hydrogen-bond acceptors (Lipinski definition) is 5. The molecule has 16 heavy (non-hydrogen) atoms. The maximum atomic E-state index is 5.64. The number of ether oxygens (including phenoxy) is 1. The maximum Gasteiger partial charge on any atom is 0.223 e. The summed E-state index contributed by atoms with van der Waals surface area (Å²) in [6.07, 6.45) is 2.09. The van der Waals surface area contributed by atoms with Crippen molar-refractivity contribution >= 4 is 5.95 Å². The van der Waals surface area contributed by atoms with Gasteiger partial charge in [0.25, 0.3) is 0 Å². The van der Waals surface area contributed by atoms with Crippen LogP contribution in [0.2, 0.25) is 0 Å². The largest absolute Gasteiger partial charge is 0.481 e. The molecule has 1 aliphatic rings. The fraction of sp³-hybridized carbons (Fsp3) is 0.636. The first-order valence-corrected chi connectivity index (χ1v) is 5.66. The topological polar surface area (TPSA) is 64.3 Å². The summed E-state index contributed by atoms with van der Waals surface area (Å²) in [4.78, 5) is 10.8.